The van der Waals surface area contributed by atoms with Crippen LogP contribution >= 0.6 is 11.6 Å². The topological polar surface area (TPSA) is 115 Å². The highest BCUT2D eigenvalue weighted by Gasteiger charge is 2.67. The molecule has 0 aromatic heterocycles. The van der Waals surface area contributed by atoms with Crippen molar-refractivity contribution in [3.8, 4) is 11.1 Å². The Bertz CT molecular complexity index is 1510. The van der Waals surface area contributed by atoms with Gasteiger partial charge in [-0.25, -0.2) is 13.2 Å². The van der Waals surface area contributed by atoms with E-state index in [1.807, 2.05) is 18.2 Å². The molecule has 2 aliphatic rings. The molecule has 3 atom stereocenters. The van der Waals surface area contributed by atoms with Crippen LogP contribution in [-0.2, 0) is 19.6 Å². The van der Waals surface area contributed by atoms with Crippen LogP contribution in [0.15, 0.2) is 96.0 Å². The van der Waals surface area contributed by atoms with Gasteiger partial charge in [-0.15, -0.1) is 0 Å². The van der Waals surface area contributed by atoms with Gasteiger partial charge in [-0.3, -0.25) is 4.79 Å². The highest BCUT2D eigenvalue weighted by molar-refractivity contribution is 7.89. The highest BCUT2D eigenvalue weighted by Crippen LogP contribution is 2.57. The summed E-state index contributed by atoms with van der Waals surface area (Å²) in [6, 6.07) is 21.6. The Balaban J connectivity index is 1.50. The third kappa shape index (κ3) is 5.05. The van der Waals surface area contributed by atoms with Crippen molar-refractivity contribution in [2.75, 3.05) is 13.1 Å². The third-order valence-electron chi connectivity index (χ3n) is 7.47. The predicted octanol–water partition coefficient (Wildman–Crippen LogP) is 4.68. The molecule has 1 aliphatic heterocycles. The molecule has 3 unspecified atom stereocenters. The van der Waals surface area contributed by atoms with E-state index in [1.165, 1.54) is 12.1 Å². The van der Waals surface area contributed by atoms with Crippen LogP contribution in [0.1, 0.15) is 24.3 Å². The van der Waals surface area contributed by atoms with Crippen molar-refractivity contribution in [3.63, 3.8) is 0 Å². The number of halogens is 1. The molecule has 202 valence electrons. The van der Waals surface area contributed by atoms with Gasteiger partial charge in [-0.2, -0.15) is 4.31 Å². The van der Waals surface area contributed by atoms with Crippen LogP contribution in [-0.4, -0.2) is 64.4 Å². The van der Waals surface area contributed by atoms with Crippen LogP contribution in [0.4, 0.5) is 0 Å². The molecule has 1 saturated carbocycles. The molecular formula is C29H27ClN2O6S. The Labute approximate surface area is 231 Å². The molecule has 0 saturated heterocycles. The van der Waals surface area contributed by atoms with E-state index < -0.39 is 39.5 Å². The zero-order valence-electron chi connectivity index (χ0n) is 20.9. The Morgan fingerprint density at radius 3 is 2.15 bits per heavy atom. The Morgan fingerprint density at radius 1 is 0.949 bits per heavy atom. The second-order valence-corrected chi connectivity index (χ2v) is 12.0. The van der Waals surface area contributed by atoms with Crippen molar-refractivity contribution < 1.29 is 28.2 Å². The van der Waals surface area contributed by atoms with Gasteiger partial charge in [0.15, 0.2) is 0 Å². The highest BCUT2D eigenvalue weighted by atomic mass is 35.5. The van der Waals surface area contributed by atoms with Crippen molar-refractivity contribution in [3.05, 3.63) is 102 Å². The van der Waals surface area contributed by atoms with Crippen LogP contribution in [0.3, 0.4) is 0 Å². The van der Waals surface area contributed by atoms with Crippen LogP contribution in [0.25, 0.3) is 11.1 Å². The van der Waals surface area contributed by atoms with Gasteiger partial charge in [0.25, 0.3) is 0 Å². The Morgan fingerprint density at radius 2 is 1.56 bits per heavy atom. The third-order valence-corrected chi connectivity index (χ3v) is 9.68. The van der Waals surface area contributed by atoms with E-state index in [9.17, 15) is 28.2 Å². The number of hydrogen-bond donors (Lipinski definition) is 2. The molecule has 1 aliphatic carbocycles. The molecule has 1 heterocycles. The monoisotopic (exact) mass is 566 g/mol. The zero-order chi connectivity index (χ0) is 27.8. The van der Waals surface area contributed by atoms with Crippen molar-refractivity contribution in [1.82, 2.24) is 9.21 Å². The second kappa shape index (κ2) is 10.5. The maximum atomic E-state index is 14.1. The summed E-state index contributed by atoms with van der Waals surface area (Å²) < 4.78 is 29.3. The van der Waals surface area contributed by atoms with Crippen molar-refractivity contribution in [1.29, 1.82) is 0 Å². The van der Waals surface area contributed by atoms with Gasteiger partial charge in [-0.1, -0.05) is 72.3 Å². The molecule has 3 aromatic carbocycles. The number of nitrogens with zero attached hydrogens (tertiary/aromatic N) is 2. The predicted molar refractivity (Wildman–Crippen MR) is 147 cm³/mol. The maximum absolute atomic E-state index is 14.1. The van der Waals surface area contributed by atoms with Crippen molar-refractivity contribution in [2.45, 2.75) is 35.2 Å². The lowest BCUT2D eigenvalue weighted by atomic mass is 10.1. The van der Waals surface area contributed by atoms with Gasteiger partial charge in [0.1, 0.15) is 11.6 Å². The minimum atomic E-state index is -4.28. The van der Waals surface area contributed by atoms with E-state index >= 15 is 0 Å². The van der Waals surface area contributed by atoms with Crippen molar-refractivity contribution in [2.24, 2.45) is 0 Å². The van der Waals surface area contributed by atoms with Gasteiger partial charge in [0.05, 0.1) is 4.90 Å². The molecule has 3 aromatic rings. The summed E-state index contributed by atoms with van der Waals surface area (Å²) >= 11 is 5.98. The number of carbonyl (C=O) groups is 2. The molecule has 1 fully saturated rings. The Kier molecular flexibility index (Phi) is 7.24. The summed E-state index contributed by atoms with van der Waals surface area (Å²) in [6.07, 6.45) is 3.75. The minimum Gasteiger partial charge on any atom is -0.480 e. The molecule has 0 bridgehead atoms. The lowest BCUT2D eigenvalue weighted by Gasteiger charge is -2.32. The first-order valence-corrected chi connectivity index (χ1v) is 14.3. The van der Waals surface area contributed by atoms with E-state index in [0.29, 0.717) is 11.4 Å². The van der Waals surface area contributed by atoms with E-state index in [0.717, 1.165) is 21.0 Å². The number of carboxylic acid groups (broad SMARTS) is 2. The minimum absolute atomic E-state index is 0.0338. The maximum Gasteiger partial charge on any atom is 0.326 e. The molecule has 39 heavy (non-hydrogen) atoms. The smallest absolute Gasteiger partial charge is 0.326 e. The first-order valence-electron chi connectivity index (χ1n) is 12.5. The fourth-order valence-electron chi connectivity index (χ4n) is 5.32. The van der Waals surface area contributed by atoms with Gasteiger partial charge in [-0.05, 0) is 60.0 Å². The van der Waals surface area contributed by atoms with E-state index in [-0.39, 0.29) is 24.4 Å². The van der Waals surface area contributed by atoms with E-state index in [4.69, 9.17) is 11.6 Å². The number of rotatable bonds is 10. The number of hydrogen-bond acceptors (Lipinski definition) is 5. The lowest BCUT2D eigenvalue weighted by molar-refractivity contribution is -0.144. The van der Waals surface area contributed by atoms with Crippen LogP contribution < -0.4 is 0 Å². The summed E-state index contributed by atoms with van der Waals surface area (Å²) in [7, 11) is -4.28. The normalized spacial score (nSPS) is 22.3. The quantitative estimate of drug-likeness (QED) is 0.366. The van der Waals surface area contributed by atoms with Crippen LogP contribution in [0.2, 0.25) is 5.02 Å². The number of sulfonamides is 1. The molecule has 0 spiro atoms. The lowest BCUT2D eigenvalue weighted by Crippen LogP contribution is -2.51. The number of aliphatic carboxylic acids is 2. The fraction of sp³-hybridized carbons (Fsp3) is 0.241. The molecule has 8 nitrogen and oxygen atoms in total. The zero-order valence-corrected chi connectivity index (χ0v) is 22.4. The summed E-state index contributed by atoms with van der Waals surface area (Å²) in [5.41, 5.74) is 0.693. The molecule has 0 amide bonds. The molecular weight excluding hydrogens is 540 g/mol. The van der Waals surface area contributed by atoms with Gasteiger partial charge < -0.3 is 15.1 Å². The average molecular weight is 567 g/mol. The molecule has 0 radical (unpaired) electrons. The van der Waals surface area contributed by atoms with Crippen LogP contribution in [0, 0.1) is 0 Å². The first-order chi connectivity index (χ1) is 18.6. The standard InChI is InChI=1S/C29H27ClN2O6S/c30-23-12-8-20(9-13-23)21-10-14-24(15-11-21)39(37,38)32(18-17-31-16-4-7-26(31)27(33)34)29(28(35)36)19-25(29)22-5-2-1-3-6-22/h1-6,8-16,25-26H,7,17-19H2,(H,33,34)(H,35,36). The van der Waals surface area contributed by atoms with Gasteiger partial charge in [0.2, 0.25) is 10.0 Å². The fourth-order valence-corrected chi connectivity index (χ4v) is 7.21. The summed E-state index contributed by atoms with van der Waals surface area (Å²) in [5.74, 6) is -2.79. The summed E-state index contributed by atoms with van der Waals surface area (Å²) in [6.45, 7) is -0.156. The average Bonchev–Trinajstić information content (AvgIpc) is 3.50. The Hall–Kier alpha value is -3.66. The molecule has 10 heteroatoms. The van der Waals surface area contributed by atoms with Crippen molar-refractivity contribution >= 4 is 33.6 Å². The number of carboxylic acids is 2. The number of benzene rings is 3. The largest absolute Gasteiger partial charge is 0.480 e. The SMILES string of the molecule is O=C(O)C1CC=CN1CCN(C1(C(=O)O)CC1c1ccccc1)S(=O)(=O)c1ccc(-c2ccc(Cl)cc2)cc1. The van der Waals surface area contributed by atoms with Gasteiger partial charge in [0, 0.05) is 24.0 Å². The van der Waals surface area contributed by atoms with E-state index in [2.05, 4.69) is 0 Å². The second-order valence-electron chi connectivity index (χ2n) is 9.72. The summed E-state index contributed by atoms with van der Waals surface area (Å²) in [5, 5.41) is 20.6. The van der Waals surface area contributed by atoms with Crippen LogP contribution in [0.5, 0.6) is 0 Å². The first kappa shape index (κ1) is 26.9. The molecule has 5 rings (SSSR count). The van der Waals surface area contributed by atoms with Gasteiger partial charge >= 0.3 is 11.9 Å². The van der Waals surface area contributed by atoms with E-state index in [1.54, 1.807) is 65.7 Å². The summed E-state index contributed by atoms with van der Waals surface area (Å²) in [4.78, 5) is 26.0. The molecule has 2 N–H and O–H groups in total.